The van der Waals surface area contributed by atoms with Crippen molar-refractivity contribution in [2.75, 3.05) is 13.7 Å². The Hall–Kier alpha value is -1.94. The van der Waals surface area contributed by atoms with E-state index in [1.54, 1.807) is 7.11 Å². The van der Waals surface area contributed by atoms with E-state index >= 15 is 4.39 Å². The molecule has 2 aromatic rings. The number of hydrogen-bond donors (Lipinski definition) is 0. The second-order valence-corrected chi connectivity index (χ2v) is 8.60. The van der Waals surface area contributed by atoms with Gasteiger partial charge in [-0.25, -0.2) is 9.18 Å². The fraction of sp³-hybridized carbons (Fsp3) is 0.577. The van der Waals surface area contributed by atoms with Crippen molar-refractivity contribution in [3.05, 3.63) is 57.9 Å². The van der Waals surface area contributed by atoms with Crippen molar-refractivity contribution in [2.24, 2.45) is 5.92 Å². The Balaban J connectivity index is 1.68. The molecule has 1 aromatic carbocycles. The van der Waals surface area contributed by atoms with Crippen LogP contribution in [-0.2, 0) is 11.2 Å². The summed E-state index contributed by atoms with van der Waals surface area (Å²) in [5, 5.41) is 0.769. The minimum absolute atomic E-state index is 0.117. The van der Waals surface area contributed by atoms with Gasteiger partial charge in [0.25, 0.3) is 0 Å². The average Bonchev–Trinajstić information content (AvgIpc) is 2.74. The molecule has 0 bridgehead atoms. The van der Waals surface area contributed by atoms with Crippen LogP contribution in [0.1, 0.15) is 82.0 Å². The van der Waals surface area contributed by atoms with E-state index < -0.39 is 5.63 Å². The highest BCUT2D eigenvalue weighted by molar-refractivity contribution is 5.83. The number of methoxy groups -OCH3 is 1. The third-order valence-corrected chi connectivity index (χ3v) is 6.48. The predicted octanol–water partition coefficient (Wildman–Crippen LogP) is 6.92. The van der Waals surface area contributed by atoms with Gasteiger partial charge in [0, 0.05) is 20.1 Å². The molecule has 0 amide bonds. The SMILES string of the molecule is C/C=C/CCC1CCC(c2ccc3cc(CCCCCOC)oc(=O)c3c2F)CC1. The third-order valence-electron chi connectivity index (χ3n) is 6.48. The first-order valence-corrected chi connectivity index (χ1v) is 11.5. The number of halogens is 1. The van der Waals surface area contributed by atoms with Gasteiger partial charge in [-0.05, 0) is 87.1 Å². The highest BCUT2D eigenvalue weighted by atomic mass is 19.1. The molecule has 1 aliphatic rings. The molecule has 4 heteroatoms. The monoisotopic (exact) mass is 414 g/mol. The van der Waals surface area contributed by atoms with Gasteiger partial charge in [0.1, 0.15) is 17.0 Å². The summed E-state index contributed by atoms with van der Waals surface area (Å²) in [4.78, 5) is 12.6. The summed E-state index contributed by atoms with van der Waals surface area (Å²) in [6.07, 6.45) is 14.6. The van der Waals surface area contributed by atoms with Crippen LogP contribution < -0.4 is 5.63 Å². The molecule has 0 radical (unpaired) electrons. The highest BCUT2D eigenvalue weighted by Gasteiger charge is 2.25. The minimum Gasteiger partial charge on any atom is -0.427 e. The van der Waals surface area contributed by atoms with Crippen molar-refractivity contribution in [1.29, 1.82) is 0 Å². The van der Waals surface area contributed by atoms with E-state index in [0.717, 1.165) is 63.9 Å². The molecular formula is C26H35FO3. The van der Waals surface area contributed by atoms with Gasteiger partial charge < -0.3 is 9.15 Å². The molecule has 1 aliphatic carbocycles. The fourth-order valence-corrected chi connectivity index (χ4v) is 4.73. The van der Waals surface area contributed by atoms with Gasteiger partial charge >= 0.3 is 5.63 Å². The molecule has 1 heterocycles. The summed E-state index contributed by atoms with van der Waals surface area (Å²) in [7, 11) is 1.70. The lowest BCUT2D eigenvalue weighted by Crippen LogP contribution is -2.15. The Bertz CT molecular complexity index is 891. The fourth-order valence-electron chi connectivity index (χ4n) is 4.73. The first kappa shape index (κ1) is 22.7. The number of aryl methyl sites for hydroxylation is 1. The second kappa shape index (κ2) is 11.5. The summed E-state index contributed by atoms with van der Waals surface area (Å²) in [5.74, 6) is 1.20. The van der Waals surface area contributed by atoms with Crippen LogP contribution in [0, 0.1) is 11.7 Å². The zero-order chi connectivity index (χ0) is 21.3. The van der Waals surface area contributed by atoms with E-state index in [-0.39, 0.29) is 17.1 Å². The summed E-state index contributed by atoms with van der Waals surface area (Å²) >= 11 is 0. The lowest BCUT2D eigenvalue weighted by Gasteiger charge is -2.29. The number of allylic oxidation sites excluding steroid dienone is 2. The van der Waals surface area contributed by atoms with Crippen LogP contribution in [0.15, 0.2) is 39.6 Å². The van der Waals surface area contributed by atoms with Crippen LogP contribution in [0.3, 0.4) is 0 Å². The van der Waals surface area contributed by atoms with Gasteiger partial charge in [-0.2, -0.15) is 0 Å². The smallest absolute Gasteiger partial charge is 0.346 e. The van der Waals surface area contributed by atoms with Crippen molar-refractivity contribution in [2.45, 2.75) is 77.0 Å². The third kappa shape index (κ3) is 5.81. The lowest BCUT2D eigenvalue weighted by molar-refractivity contribution is 0.192. The van der Waals surface area contributed by atoms with Crippen LogP contribution in [0.25, 0.3) is 10.8 Å². The zero-order valence-electron chi connectivity index (χ0n) is 18.4. The summed E-state index contributed by atoms with van der Waals surface area (Å²) in [6, 6.07) is 5.62. The summed E-state index contributed by atoms with van der Waals surface area (Å²) in [5.41, 5.74) is 0.146. The maximum absolute atomic E-state index is 15.3. The van der Waals surface area contributed by atoms with Crippen LogP contribution in [0.4, 0.5) is 4.39 Å². The molecule has 0 aliphatic heterocycles. The Morgan fingerprint density at radius 3 is 2.70 bits per heavy atom. The second-order valence-electron chi connectivity index (χ2n) is 8.60. The van der Waals surface area contributed by atoms with Crippen molar-refractivity contribution >= 4 is 10.8 Å². The van der Waals surface area contributed by atoms with E-state index in [1.807, 2.05) is 18.2 Å². The molecule has 0 spiro atoms. The van der Waals surface area contributed by atoms with Gasteiger partial charge in [-0.15, -0.1) is 0 Å². The molecule has 0 saturated heterocycles. The number of fused-ring (bicyclic) bond motifs is 1. The quantitative estimate of drug-likeness (QED) is 0.313. The first-order valence-electron chi connectivity index (χ1n) is 11.5. The van der Waals surface area contributed by atoms with E-state index in [4.69, 9.17) is 9.15 Å². The molecule has 1 aromatic heterocycles. The summed E-state index contributed by atoms with van der Waals surface area (Å²) < 4.78 is 25.8. The van der Waals surface area contributed by atoms with Gasteiger partial charge in [-0.1, -0.05) is 30.7 Å². The molecule has 3 nitrogen and oxygen atoms in total. The van der Waals surface area contributed by atoms with Gasteiger partial charge in [0.2, 0.25) is 0 Å². The van der Waals surface area contributed by atoms with Crippen molar-refractivity contribution in [3.8, 4) is 0 Å². The van der Waals surface area contributed by atoms with E-state index in [1.165, 1.54) is 6.42 Å². The highest BCUT2D eigenvalue weighted by Crippen LogP contribution is 2.39. The van der Waals surface area contributed by atoms with Crippen molar-refractivity contribution in [3.63, 3.8) is 0 Å². The maximum atomic E-state index is 15.3. The van der Waals surface area contributed by atoms with Gasteiger partial charge in [0.15, 0.2) is 0 Å². The van der Waals surface area contributed by atoms with E-state index in [0.29, 0.717) is 23.1 Å². The molecule has 0 N–H and O–H groups in total. The predicted molar refractivity (Wildman–Crippen MR) is 121 cm³/mol. The number of rotatable bonds is 10. The largest absolute Gasteiger partial charge is 0.427 e. The normalized spacial score (nSPS) is 19.7. The number of ether oxygens (including phenoxy) is 1. The topological polar surface area (TPSA) is 39.4 Å². The van der Waals surface area contributed by atoms with Crippen LogP contribution in [0.5, 0.6) is 0 Å². The molecule has 0 atom stereocenters. The van der Waals surface area contributed by atoms with Gasteiger partial charge in [0.05, 0.1) is 0 Å². The standard InChI is InChI=1S/C26H35FO3/c1-3-4-6-9-19-11-13-20(14-12-19)23-16-15-21-18-22(10-7-5-8-17-29-2)30-26(28)24(21)25(23)27/h3-4,15-16,18-20H,5-14,17H2,1-2H3/b4-3+. The Kier molecular flexibility index (Phi) is 8.68. The Labute approximate surface area is 179 Å². The number of unbranched alkanes of at least 4 members (excludes halogenated alkanes) is 2. The first-order chi connectivity index (χ1) is 14.6. The Morgan fingerprint density at radius 1 is 1.17 bits per heavy atom. The lowest BCUT2D eigenvalue weighted by atomic mass is 9.77. The molecule has 30 heavy (non-hydrogen) atoms. The zero-order valence-corrected chi connectivity index (χ0v) is 18.4. The summed E-state index contributed by atoms with van der Waals surface area (Å²) in [6.45, 7) is 2.80. The molecule has 1 saturated carbocycles. The van der Waals surface area contributed by atoms with Crippen LogP contribution in [0.2, 0.25) is 0 Å². The minimum atomic E-state index is -0.543. The Morgan fingerprint density at radius 2 is 1.97 bits per heavy atom. The average molecular weight is 415 g/mol. The number of hydrogen-bond acceptors (Lipinski definition) is 3. The van der Waals surface area contributed by atoms with Crippen LogP contribution in [-0.4, -0.2) is 13.7 Å². The maximum Gasteiger partial charge on any atom is 0.346 e. The van der Waals surface area contributed by atoms with Crippen molar-refractivity contribution in [1.82, 2.24) is 0 Å². The molecule has 1 fully saturated rings. The van der Waals surface area contributed by atoms with E-state index in [9.17, 15) is 4.79 Å². The van der Waals surface area contributed by atoms with E-state index in [2.05, 4.69) is 19.1 Å². The number of benzene rings is 1. The molecule has 0 unspecified atom stereocenters. The molecular weight excluding hydrogens is 379 g/mol. The van der Waals surface area contributed by atoms with Crippen molar-refractivity contribution < 1.29 is 13.5 Å². The molecule has 164 valence electrons. The van der Waals surface area contributed by atoms with Crippen LogP contribution >= 0.6 is 0 Å². The molecule has 3 rings (SSSR count). The van der Waals surface area contributed by atoms with Gasteiger partial charge in [-0.3, -0.25) is 0 Å².